The summed E-state index contributed by atoms with van der Waals surface area (Å²) in [5.74, 6) is -0.247. The van der Waals surface area contributed by atoms with Crippen molar-refractivity contribution in [3.8, 4) is 0 Å². The third-order valence-electron chi connectivity index (χ3n) is 4.33. The van der Waals surface area contributed by atoms with Crippen molar-refractivity contribution >= 4 is 23.2 Å². The van der Waals surface area contributed by atoms with Crippen LogP contribution in [0.5, 0.6) is 0 Å². The van der Waals surface area contributed by atoms with Gasteiger partial charge in [0.15, 0.2) is 0 Å². The number of hydrogen-bond acceptors (Lipinski definition) is 5. The molecule has 1 aliphatic heterocycles. The van der Waals surface area contributed by atoms with Gasteiger partial charge in [0.1, 0.15) is 11.3 Å². The molecule has 0 spiro atoms. The second kappa shape index (κ2) is 6.51. The van der Waals surface area contributed by atoms with Crippen LogP contribution >= 0.6 is 0 Å². The van der Waals surface area contributed by atoms with E-state index in [4.69, 9.17) is 4.42 Å². The number of amides is 1. The predicted octanol–water partition coefficient (Wildman–Crippen LogP) is 2.25. The van der Waals surface area contributed by atoms with Crippen LogP contribution in [0.4, 0.5) is 10.4 Å². The van der Waals surface area contributed by atoms with Gasteiger partial charge in [0.25, 0.3) is 6.01 Å². The van der Waals surface area contributed by atoms with Gasteiger partial charge in [-0.25, -0.2) is 9.37 Å². The molecule has 3 heterocycles. The summed E-state index contributed by atoms with van der Waals surface area (Å²) in [5.41, 5.74) is 2.07. The Labute approximate surface area is 143 Å². The van der Waals surface area contributed by atoms with Crippen molar-refractivity contribution in [1.29, 1.82) is 0 Å². The number of piperazine rings is 1. The van der Waals surface area contributed by atoms with Crippen molar-refractivity contribution in [2.24, 2.45) is 0 Å². The van der Waals surface area contributed by atoms with Crippen molar-refractivity contribution in [1.82, 2.24) is 14.9 Å². The number of rotatable bonds is 3. The minimum atomic E-state index is -0.294. The molecule has 0 bridgehead atoms. The molecule has 128 valence electrons. The lowest BCUT2D eigenvalue weighted by atomic mass is 10.1. The number of anilines is 1. The third kappa shape index (κ3) is 3.31. The second-order valence-corrected chi connectivity index (χ2v) is 6.00. The monoisotopic (exact) mass is 340 g/mol. The van der Waals surface area contributed by atoms with Gasteiger partial charge in [0.2, 0.25) is 11.6 Å². The molecule has 0 aliphatic carbocycles. The van der Waals surface area contributed by atoms with E-state index in [0.29, 0.717) is 37.9 Å². The molecule has 6 nitrogen and oxygen atoms in total. The molecule has 1 aromatic carbocycles. The summed E-state index contributed by atoms with van der Waals surface area (Å²) in [4.78, 5) is 24.8. The molecular weight excluding hydrogens is 323 g/mol. The zero-order chi connectivity index (χ0) is 17.2. The van der Waals surface area contributed by atoms with Crippen molar-refractivity contribution in [2.45, 2.75) is 6.42 Å². The van der Waals surface area contributed by atoms with Crippen molar-refractivity contribution in [2.75, 3.05) is 31.1 Å². The number of hydrogen-bond donors (Lipinski definition) is 0. The van der Waals surface area contributed by atoms with Crippen molar-refractivity contribution < 1.29 is 13.6 Å². The number of pyridine rings is 1. The lowest BCUT2D eigenvalue weighted by molar-refractivity contribution is -0.130. The quantitative estimate of drug-likeness (QED) is 0.732. The van der Waals surface area contributed by atoms with Gasteiger partial charge in [-0.1, -0.05) is 12.1 Å². The number of nitrogens with zero attached hydrogens (tertiary/aromatic N) is 4. The molecule has 7 heteroatoms. The number of carbonyl (C=O) groups excluding carboxylic acids is 1. The van der Waals surface area contributed by atoms with Crippen molar-refractivity contribution in [3.63, 3.8) is 0 Å². The molecule has 0 N–H and O–H groups in total. The van der Waals surface area contributed by atoms with Crippen LogP contribution in [0.3, 0.4) is 0 Å². The van der Waals surface area contributed by atoms with Gasteiger partial charge in [-0.2, -0.15) is 4.98 Å². The molecular formula is C18H17FN4O2. The molecule has 0 radical (unpaired) electrons. The van der Waals surface area contributed by atoms with E-state index >= 15 is 0 Å². The first-order chi connectivity index (χ1) is 12.2. The number of fused-ring (bicyclic) bond motifs is 1. The topological polar surface area (TPSA) is 62.5 Å². The summed E-state index contributed by atoms with van der Waals surface area (Å²) in [7, 11) is 0. The Morgan fingerprint density at radius 1 is 1.12 bits per heavy atom. The number of halogens is 1. The summed E-state index contributed by atoms with van der Waals surface area (Å²) in [6.07, 6.45) is 1.95. The Morgan fingerprint density at radius 2 is 1.88 bits per heavy atom. The molecule has 1 saturated heterocycles. The van der Waals surface area contributed by atoms with E-state index in [1.54, 1.807) is 18.3 Å². The summed E-state index contributed by atoms with van der Waals surface area (Å²) in [5, 5.41) is 0. The van der Waals surface area contributed by atoms with Crippen LogP contribution in [0.1, 0.15) is 5.56 Å². The van der Waals surface area contributed by atoms with E-state index in [1.807, 2.05) is 21.9 Å². The first-order valence-electron chi connectivity index (χ1n) is 8.18. The lowest BCUT2D eigenvalue weighted by Crippen LogP contribution is -2.49. The maximum atomic E-state index is 12.9. The molecule has 25 heavy (non-hydrogen) atoms. The van der Waals surface area contributed by atoms with Gasteiger partial charge < -0.3 is 14.2 Å². The first-order valence-corrected chi connectivity index (χ1v) is 8.18. The summed E-state index contributed by atoms with van der Waals surface area (Å²) in [6, 6.07) is 10.3. The smallest absolute Gasteiger partial charge is 0.299 e. The minimum Gasteiger partial charge on any atom is -0.404 e. The van der Waals surface area contributed by atoms with Crippen LogP contribution in [0.25, 0.3) is 11.2 Å². The van der Waals surface area contributed by atoms with Crippen LogP contribution in [-0.2, 0) is 11.2 Å². The predicted molar refractivity (Wildman–Crippen MR) is 90.7 cm³/mol. The van der Waals surface area contributed by atoms with Gasteiger partial charge in [-0.3, -0.25) is 4.79 Å². The maximum Gasteiger partial charge on any atom is 0.299 e. The Kier molecular flexibility index (Phi) is 4.05. The Hall–Kier alpha value is -2.96. The standard InChI is InChI=1S/C18H17FN4O2/c19-14-5-3-13(4-6-14)12-16(24)22-8-10-23(11-9-22)18-21-15-2-1-7-20-17(15)25-18/h1-7H,8-12H2. The minimum absolute atomic E-state index is 0.0468. The first kappa shape index (κ1) is 15.6. The Morgan fingerprint density at radius 3 is 2.60 bits per heavy atom. The van der Waals surface area contributed by atoms with Crippen LogP contribution in [0.15, 0.2) is 47.0 Å². The van der Waals surface area contributed by atoms with E-state index in [1.165, 1.54) is 12.1 Å². The normalized spacial score (nSPS) is 14.9. The van der Waals surface area contributed by atoms with Gasteiger partial charge >= 0.3 is 0 Å². The highest BCUT2D eigenvalue weighted by molar-refractivity contribution is 5.79. The van der Waals surface area contributed by atoms with Crippen LogP contribution < -0.4 is 4.90 Å². The largest absolute Gasteiger partial charge is 0.404 e. The molecule has 1 amide bonds. The average Bonchev–Trinajstić information content (AvgIpc) is 3.08. The second-order valence-electron chi connectivity index (χ2n) is 6.00. The highest BCUT2D eigenvalue weighted by Gasteiger charge is 2.24. The van der Waals surface area contributed by atoms with Gasteiger partial charge in [0.05, 0.1) is 6.42 Å². The molecule has 0 atom stereocenters. The highest BCUT2D eigenvalue weighted by atomic mass is 19.1. The average molecular weight is 340 g/mol. The molecule has 1 aliphatic rings. The van der Waals surface area contributed by atoms with E-state index in [9.17, 15) is 9.18 Å². The number of oxazole rings is 1. The lowest BCUT2D eigenvalue weighted by Gasteiger charge is -2.33. The van der Waals surface area contributed by atoms with Gasteiger partial charge in [-0.05, 0) is 29.8 Å². The molecule has 3 aromatic rings. The molecule has 2 aromatic heterocycles. The van der Waals surface area contributed by atoms with E-state index in [-0.39, 0.29) is 18.1 Å². The fourth-order valence-electron chi connectivity index (χ4n) is 2.93. The van der Waals surface area contributed by atoms with Crippen molar-refractivity contribution in [3.05, 3.63) is 54.0 Å². The summed E-state index contributed by atoms with van der Waals surface area (Å²) in [6.45, 7) is 2.52. The van der Waals surface area contributed by atoms with Crippen LogP contribution in [-0.4, -0.2) is 47.0 Å². The third-order valence-corrected chi connectivity index (χ3v) is 4.33. The van der Waals surface area contributed by atoms with Crippen LogP contribution in [0.2, 0.25) is 0 Å². The highest BCUT2D eigenvalue weighted by Crippen LogP contribution is 2.21. The number of benzene rings is 1. The Balaban J connectivity index is 1.37. The molecule has 4 rings (SSSR count). The number of carbonyl (C=O) groups is 1. The zero-order valence-corrected chi connectivity index (χ0v) is 13.6. The van der Waals surface area contributed by atoms with E-state index in [0.717, 1.165) is 11.1 Å². The molecule has 0 unspecified atom stereocenters. The summed E-state index contributed by atoms with van der Waals surface area (Å²) >= 11 is 0. The van der Waals surface area contributed by atoms with E-state index < -0.39 is 0 Å². The summed E-state index contributed by atoms with van der Waals surface area (Å²) < 4.78 is 18.6. The molecule has 1 fully saturated rings. The molecule has 0 saturated carbocycles. The van der Waals surface area contributed by atoms with E-state index in [2.05, 4.69) is 9.97 Å². The fraction of sp³-hybridized carbons (Fsp3) is 0.278. The number of aromatic nitrogens is 2. The van der Waals surface area contributed by atoms with Gasteiger partial charge in [0, 0.05) is 32.4 Å². The Bertz CT molecular complexity index is 852. The zero-order valence-electron chi connectivity index (χ0n) is 13.6. The maximum absolute atomic E-state index is 12.9. The van der Waals surface area contributed by atoms with Crippen LogP contribution in [0, 0.1) is 5.82 Å². The fourth-order valence-corrected chi connectivity index (χ4v) is 2.93. The SMILES string of the molecule is O=C(Cc1ccc(F)cc1)N1CCN(c2nc3cccnc3o2)CC1. The van der Waals surface area contributed by atoms with Gasteiger partial charge in [-0.15, -0.1) is 0 Å².